The van der Waals surface area contributed by atoms with Gasteiger partial charge >= 0.3 is 0 Å². The van der Waals surface area contributed by atoms with Gasteiger partial charge < -0.3 is 10.5 Å². The van der Waals surface area contributed by atoms with Crippen molar-refractivity contribution in [2.24, 2.45) is 11.1 Å². The Bertz CT molecular complexity index is 229. The van der Waals surface area contributed by atoms with E-state index in [4.69, 9.17) is 10.5 Å². The van der Waals surface area contributed by atoms with Gasteiger partial charge in [-0.05, 0) is 19.8 Å². The van der Waals surface area contributed by atoms with Crippen LogP contribution in [-0.4, -0.2) is 25.5 Å². The Hall–Kier alpha value is -0.670. The monoisotopic (exact) mass is 197 g/mol. The van der Waals surface area contributed by atoms with E-state index in [9.17, 15) is 4.79 Å². The van der Waals surface area contributed by atoms with E-state index < -0.39 is 0 Å². The average molecular weight is 197 g/mol. The molecule has 0 atom stereocenters. The van der Waals surface area contributed by atoms with E-state index in [2.05, 4.69) is 6.58 Å². The Kier molecular flexibility index (Phi) is 3.84. The summed E-state index contributed by atoms with van der Waals surface area (Å²) in [6.07, 6.45) is 1.97. The van der Waals surface area contributed by atoms with E-state index in [1.807, 2.05) is 6.92 Å². The van der Waals surface area contributed by atoms with Gasteiger partial charge in [-0.1, -0.05) is 12.2 Å². The quantitative estimate of drug-likeness (QED) is 0.691. The number of ether oxygens (including phenoxy) is 1. The van der Waals surface area contributed by atoms with Gasteiger partial charge in [-0.3, -0.25) is 4.79 Å². The smallest absolute Gasteiger partial charge is 0.144 e. The number of rotatable bonds is 4. The summed E-state index contributed by atoms with van der Waals surface area (Å²) in [6.45, 7) is 7.38. The second-order valence-electron chi connectivity index (χ2n) is 4.15. The first-order valence-electron chi connectivity index (χ1n) is 5.06. The molecule has 14 heavy (non-hydrogen) atoms. The Labute approximate surface area is 85.3 Å². The number of allylic oxidation sites excluding steroid dienone is 1. The van der Waals surface area contributed by atoms with Gasteiger partial charge in [-0.15, -0.1) is 0 Å². The molecule has 0 radical (unpaired) electrons. The summed E-state index contributed by atoms with van der Waals surface area (Å²) in [6, 6.07) is 0. The third kappa shape index (κ3) is 2.42. The fourth-order valence-electron chi connectivity index (χ4n) is 1.82. The largest absolute Gasteiger partial charge is 0.381 e. The SMILES string of the molecule is C=C(C)CC(=O)C1(CN)CCOCC1. The minimum Gasteiger partial charge on any atom is -0.381 e. The zero-order valence-corrected chi connectivity index (χ0v) is 8.84. The number of carbonyl (C=O) groups is 1. The van der Waals surface area contributed by atoms with Crippen LogP contribution in [0.15, 0.2) is 12.2 Å². The number of Topliss-reactive ketones (excluding diaryl/α,β-unsaturated/α-hetero) is 1. The van der Waals surface area contributed by atoms with Crippen LogP contribution in [0.25, 0.3) is 0 Å². The molecule has 0 aromatic rings. The third-order valence-corrected chi connectivity index (χ3v) is 2.89. The van der Waals surface area contributed by atoms with Gasteiger partial charge in [0.1, 0.15) is 5.78 Å². The Balaban J connectivity index is 2.67. The molecule has 1 rings (SSSR count). The number of carbonyl (C=O) groups excluding carboxylic acids is 1. The van der Waals surface area contributed by atoms with Crippen LogP contribution in [0.4, 0.5) is 0 Å². The van der Waals surface area contributed by atoms with E-state index in [0.29, 0.717) is 26.2 Å². The Morgan fingerprint density at radius 1 is 1.50 bits per heavy atom. The van der Waals surface area contributed by atoms with Crippen molar-refractivity contribution < 1.29 is 9.53 Å². The number of hydrogen-bond acceptors (Lipinski definition) is 3. The van der Waals surface area contributed by atoms with Crippen molar-refractivity contribution in [2.45, 2.75) is 26.2 Å². The van der Waals surface area contributed by atoms with Crippen LogP contribution in [0.3, 0.4) is 0 Å². The van der Waals surface area contributed by atoms with Crippen LogP contribution in [0.1, 0.15) is 26.2 Å². The van der Waals surface area contributed by atoms with Crippen molar-refractivity contribution in [3.63, 3.8) is 0 Å². The molecule has 0 aromatic heterocycles. The van der Waals surface area contributed by atoms with Crippen LogP contribution in [0, 0.1) is 5.41 Å². The van der Waals surface area contributed by atoms with Gasteiger partial charge in [0.05, 0.1) is 0 Å². The number of ketones is 1. The molecule has 0 aromatic carbocycles. The van der Waals surface area contributed by atoms with E-state index in [1.165, 1.54) is 0 Å². The van der Waals surface area contributed by atoms with Crippen LogP contribution >= 0.6 is 0 Å². The average Bonchev–Trinajstić information content (AvgIpc) is 2.18. The van der Waals surface area contributed by atoms with E-state index in [0.717, 1.165) is 18.4 Å². The summed E-state index contributed by atoms with van der Waals surface area (Å²) in [5, 5.41) is 0. The molecule has 1 aliphatic heterocycles. The first-order chi connectivity index (χ1) is 6.60. The van der Waals surface area contributed by atoms with E-state index in [1.54, 1.807) is 0 Å². The molecule has 1 heterocycles. The topological polar surface area (TPSA) is 52.3 Å². The lowest BCUT2D eigenvalue weighted by atomic mass is 9.75. The highest BCUT2D eigenvalue weighted by Crippen LogP contribution is 2.32. The molecule has 0 bridgehead atoms. The van der Waals surface area contributed by atoms with Crippen molar-refractivity contribution in [3.8, 4) is 0 Å². The summed E-state index contributed by atoms with van der Waals surface area (Å²) in [5.41, 5.74) is 6.28. The molecule has 0 spiro atoms. The molecule has 0 aliphatic carbocycles. The summed E-state index contributed by atoms with van der Waals surface area (Å²) in [5.74, 6) is 0.232. The Morgan fingerprint density at radius 2 is 2.07 bits per heavy atom. The second-order valence-corrected chi connectivity index (χ2v) is 4.15. The molecule has 80 valence electrons. The maximum atomic E-state index is 12.0. The maximum Gasteiger partial charge on any atom is 0.144 e. The first kappa shape index (κ1) is 11.4. The molecular weight excluding hydrogens is 178 g/mol. The summed E-state index contributed by atoms with van der Waals surface area (Å²) < 4.78 is 5.25. The van der Waals surface area contributed by atoms with E-state index in [-0.39, 0.29) is 11.2 Å². The molecule has 0 amide bonds. The van der Waals surface area contributed by atoms with Crippen molar-refractivity contribution >= 4 is 5.78 Å². The van der Waals surface area contributed by atoms with E-state index >= 15 is 0 Å². The Morgan fingerprint density at radius 3 is 2.50 bits per heavy atom. The molecule has 1 fully saturated rings. The lowest BCUT2D eigenvalue weighted by molar-refractivity contribution is -0.132. The zero-order chi connectivity index (χ0) is 10.6. The molecule has 0 unspecified atom stereocenters. The second kappa shape index (κ2) is 4.71. The zero-order valence-electron chi connectivity index (χ0n) is 8.84. The highest BCUT2D eigenvalue weighted by atomic mass is 16.5. The third-order valence-electron chi connectivity index (χ3n) is 2.89. The lowest BCUT2D eigenvalue weighted by Gasteiger charge is -2.34. The number of hydrogen-bond donors (Lipinski definition) is 1. The minimum absolute atomic E-state index is 0.232. The molecule has 2 N–H and O–H groups in total. The van der Waals surface area contributed by atoms with Crippen molar-refractivity contribution in [1.29, 1.82) is 0 Å². The number of nitrogens with two attached hydrogens (primary N) is 1. The molecule has 3 nitrogen and oxygen atoms in total. The lowest BCUT2D eigenvalue weighted by Crippen LogP contribution is -2.43. The maximum absolute atomic E-state index is 12.0. The first-order valence-corrected chi connectivity index (χ1v) is 5.06. The highest BCUT2D eigenvalue weighted by molar-refractivity contribution is 5.87. The predicted octanol–water partition coefficient (Wildman–Crippen LogP) is 1.28. The van der Waals surface area contributed by atoms with Crippen molar-refractivity contribution in [2.75, 3.05) is 19.8 Å². The fraction of sp³-hybridized carbons (Fsp3) is 0.727. The van der Waals surface area contributed by atoms with Gasteiger partial charge in [0.15, 0.2) is 0 Å². The molecule has 0 saturated carbocycles. The van der Waals surface area contributed by atoms with Crippen molar-refractivity contribution in [1.82, 2.24) is 0 Å². The van der Waals surface area contributed by atoms with Gasteiger partial charge in [-0.25, -0.2) is 0 Å². The summed E-state index contributed by atoms with van der Waals surface area (Å²) in [4.78, 5) is 12.0. The van der Waals surface area contributed by atoms with Gasteiger partial charge in [0, 0.05) is 31.6 Å². The molecule has 3 heteroatoms. The van der Waals surface area contributed by atoms with Crippen LogP contribution < -0.4 is 5.73 Å². The standard InChI is InChI=1S/C11H19NO2/c1-9(2)7-10(13)11(8-12)3-5-14-6-4-11/h1,3-8,12H2,2H3. The van der Waals surface area contributed by atoms with Crippen LogP contribution in [0.2, 0.25) is 0 Å². The predicted molar refractivity (Wildman–Crippen MR) is 56.0 cm³/mol. The van der Waals surface area contributed by atoms with Gasteiger partial charge in [0.25, 0.3) is 0 Å². The minimum atomic E-state index is -0.336. The fourth-order valence-corrected chi connectivity index (χ4v) is 1.82. The molecular formula is C11H19NO2. The van der Waals surface area contributed by atoms with Gasteiger partial charge in [0.2, 0.25) is 0 Å². The van der Waals surface area contributed by atoms with Crippen LogP contribution in [0.5, 0.6) is 0 Å². The highest BCUT2D eigenvalue weighted by Gasteiger charge is 2.37. The molecule has 1 aliphatic rings. The summed E-state index contributed by atoms with van der Waals surface area (Å²) >= 11 is 0. The van der Waals surface area contributed by atoms with Crippen molar-refractivity contribution in [3.05, 3.63) is 12.2 Å². The summed E-state index contributed by atoms with van der Waals surface area (Å²) in [7, 11) is 0. The van der Waals surface area contributed by atoms with Crippen LogP contribution in [-0.2, 0) is 9.53 Å². The molecule has 1 saturated heterocycles. The van der Waals surface area contributed by atoms with Gasteiger partial charge in [-0.2, -0.15) is 0 Å². The normalized spacial score (nSPS) is 20.4.